The number of benzene rings is 3. The van der Waals surface area contributed by atoms with E-state index in [2.05, 4.69) is 72.3 Å². The predicted octanol–water partition coefficient (Wildman–Crippen LogP) is 5.02. The van der Waals surface area contributed by atoms with Crippen molar-refractivity contribution in [2.75, 3.05) is 0 Å². The van der Waals surface area contributed by atoms with Crippen molar-refractivity contribution in [1.82, 2.24) is 9.55 Å². The third-order valence-electron chi connectivity index (χ3n) is 3.98. The highest BCUT2D eigenvalue weighted by Gasteiger charge is 2.08. The molecule has 0 radical (unpaired) electrons. The van der Waals surface area contributed by atoms with E-state index in [4.69, 9.17) is 4.98 Å². The van der Waals surface area contributed by atoms with Crippen LogP contribution in [0.15, 0.2) is 71.9 Å². The fourth-order valence-electron chi connectivity index (χ4n) is 2.81. The number of imidazole rings is 1. The lowest BCUT2D eigenvalue weighted by Crippen LogP contribution is -1.91. The molecule has 4 aromatic rings. The Labute approximate surface area is 133 Å². The summed E-state index contributed by atoms with van der Waals surface area (Å²) in [5, 5.41) is 3.69. The lowest BCUT2D eigenvalue weighted by atomic mass is 10.1. The van der Waals surface area contributed by atoms with E-state index in [-0.39, 0.29) is 0 Å². The first kappa shape index (κ1) is 13.4. The van der Waals surface area contributed by atoms with Gasteiger partial charge in [0.05, 0.1) is 11.0 Å². The molecule has 22 heavy (non-hydrogen) atoms. The first-order chi connectivity index (χ1) is 10.8. The summed E-state index contributed by atoms with van der Waals surface area (Å²) in [4.78, 5) is 4.73. The third-order valence-corrected chi connectivity index (χ3v) is 5.06. The molecule has 0 fully saturated rings. The maximum Gasteiger partial charge on any atom is 0.169 e. The van der Waals surface area contributed by atoms with Crippen molar-refractivity contribution in [2.24, 2.45) is 7.05 Å². The quantitative estimate of drug-likeness (QED) is 0.495. The summed E-state index contributed by atoms with van der Waals surface area (Å²) in [7, 11) is 2.08. The van der Waals surface area contributed by atoms with Gasteiger partial charge >= 0.3 is 0 Å². The van der Waals surface area contributed by atoms with Crippen molar-refractivity contribution in [3.63, 3.8) is 0 Å². The topological polar surface area (TPSA) is 17.8 Å². The lowest BCUT2D eigenvalue weighted by Gasteiger charge is -2.06. The molecule has 0 bridgehead atoms. The van der Waals surface area contributed by atoms with Crippen molar-refractivity contribution in [3.05, 3.63) is 72.3 Å². The second kappa shape index (κ2) is 5.50. The van der Waals surface area contributed by atoms with Crippen LogP contribution >= 0.6 is 11.8 Å². The van der Waals surface area contributed by atoms with Crippen LogP contribution in [0.5, 0.6) is 0 Å². The van der Waals surface area contributed by atoms with E-state index in [1.165, 1.54) is 21.9 Å². The van der Waals surface area contributed by atoms with Gasteiger partial charge < -0.3 is 4.57 Å². The number of thioether (sulfide) groups is 1. The highest BCUT2D eigenvalue weighted by atomic mass is 32.2. The molecule has 0 spiro atoms. The van der Waals surface area contributed by atoms with Crippen molar-refractivity contribution in [3.8, 4) is 0 Å². The smallest absolute Gasteiger partial charge is 0.169 e. The molecule has 0 N–H and O–H groups in total. The second-order valence-electron chi connectivity index (χ2n) is 5.37. The molecular weight excluding hydrogens is 288 g/mol. The van der Waals surface area contributed by atoms with Crippen molar-refractivity contribution >= 4 is 33.6 Å². The number of hydrogen-bond donors (Lipinski definition) is 0. The molecule has 1 aromatic heterocycles. The van der Waals surface area contributed by atoms with E-state index in [9.17, 15) is 0 Å². The number of rotatable bonds is 3. The van der Waals surface area contributed by atoms with Crippen LogP contribution in [0.4, 0.5) is 0 Å². The van der Waals surface area contributed by atoms with Crippen LogP contribution in [0.2, 0.25) is 0 Å². The number of aromatic nitrogens is 2. The molecule has 2 nitrogen and oxygen atoms in total. The van der Waals surface area contributed by atoms with Crippen molar-refractivity contribution in [2.45, 2.75) is 10.9 Å². The molecule has 0 atom stereocenters. The van der Waals surface area contributed by atoms with Gasteiger partial charge in [0.25, 0.3) is 0 Å². The highest BCUT2D eigenvalue weighted by Crippen LogP contribution is 2.28. The number of hydrogen-bond acceptors (Lipinski definition) is 2. The largest absolute Gasteiger partial charge is 0.322 e. The van der Waals surface area contributed by atoms with Gasteiger partial charge in [-0.25, -0.2) is 4.98 Å². The van der Waals surface area contributed by atoms with Crippen molar-refractivity contribution < 1.29 is 0 Å². The Balaban J connectivity index is 1.67. The fourth-order valence-corrected chi connectivity index (χ4v) is 3.80. The van der Waals surface area contributed by atoms with E-state index in [0.29, 0.717) is 0 Å². The minimum absolute atomic E-state index is 0.929. The van der Waals surface area contributed by atoms with Gasteiger partial charge in [-0.3, -0.25) is 0 Å². The zero-order chi connectivity index (χ0) is 14.9. The fraction of sp³-hybridized carbons (Fsp3) is 0.105. The molecule has 0 aliphatic rings. The van der Waals surface area contributed by atoms with Gasteiger partial charge in [-0.15, -0.1) is 0 Å². The van der Waals surface area contributed by atoms with Gasteiger partial charge in [0, 0.05) is 12.8 Å². The lowest BCUT2D eigenvalue weighted by molar-refractivity contribution is 0.815. The maximum atomic E-state index is 4.73. The minimum Gasteiger partial charge on any atom is -0.322 e. The normalized spacial score (nSPS) is 11.3. The highest BCUT2D eigenvalue weighted by molar-refractivity contribution is 7.98. The standard InChI is InChI=1S/C19H16N2S/c1-21-18-12-5-4-11-17(18)20-19(21)22-13-15-9-6-8-14-7-2-3-10-16(14)15/h2-12H,13H2,1H3. The summed E-state index contributed by atoms with van der Waals surface area (Å²) in [5.74, 6) is 0.929. The molecule has 1 heterocycles. The van der Waals surface area contributed by atoms with Gasteiger partial charge in [0.2, 0.25) is 0 Å². The summed E-state index contributed by atoms with van der Waals surface area (Å²) in [5.41, 5.74) is 3.60. The van der Waals surface area contributed by atoms with Crippen molar-refractivity contribution in [1.29, 1.82) is 0 Å². The Bertz CT molecular complexity index is 951. The Morgan fingerprint density at radius 1 is 0.909 bits per heavy atom. The number of aryl methyl sites for hydroxylation is 1. The van der Waals surface area contributed by atoms with E-state index in [1.807, 2.05) is 6.07 Å². The SMILES string of the molecule is Cn1c(SCc2cccc3ccccc23)nc2ccccc21. The molecule has 3 aromatic carbocycles. The Hall–Kier alpha value is -2.26. The van der Waals surface area contributed by atoms with Crippen LogP contribution in [0.3, 0.4) is 0 Å². The molecular formula is C19H16N2S. The van der Waals surface area contributed by atoms with Crippen LogP contribution in [0.1, 0.15) is 5.56 Å². The average molecular weight is 304 g/mol. The number of fused-ring (bicyclic) bond motifs is 2. The summed E-state index contributed by atoms with van der Waals surface area (Å²) < 4.78 is 2.17. The minimum atomic E-state index is 0.929. The zero-order valence-electron chi connectivity index (χ0n) is 12.4. The van der Waals surface area contributed by atoms with E-state index in [0.717, 1.165) is 16.4 Å². The second-order valence-corrected chi connectivity index (χ2v) is 6.31. The van der Waals surface area contributed by atoms with Crippen LogP contribution < -0.4 is 0 Å². The summed E-state index contributed by atoms with van der Waals surface area (Å²) in [6, 6.07) is 23.3. The molecule has 0 saturated heterocycles. The maximum absolute atomic E-state index is 4.73. The van der Waals surface area contributed by atoms with E-state index >= 15 is 0 Å². The first-order valence-electron chi connectivity index (χ1n) is 7.34. The third kappa shape index (κ3) is 2.28. The van der Waals surface area contributed by atoms with Gasteiger partial charge in [0.1, 0.15) is 0 Å². The number of para-hydroxylation sites is 2. The Kier molecular flexibility index (Phi) is 3.35. The Morgan fingerprint density at radius 3 is 2.59 bits per heavy atom. The molecule has 0 aliphatic carbocycles. The first-order valence-corrected chi connectivity index (χ1v) is 8.32. The predicted molar refractivity (Wildman–Crippen MR) is 94.2 cm³/mol. The average Bonchev–Trinajstić information content (AvgIpc) is 2.89. The summed E-state index contributed by atoms with van der Waals surface area (Å²) >= 11 is 1.79. The van der Waals surface area contributed by atoms with E-state index < -0.39 is 0 Å². The molecule has 4 rings (SSSR count). The molecule has 0 aliphatic heterocycles. The van der Waals surface area contributed by atoms with Gasteiger partial charge in [-0.2, -0.15) is 0 Å². The molecule has 3 heteroatoms. The molecule has 108 valence electrons. The summed E-state index contributed by atoms with van der Waals surface area (Å²) in [6.45, 7) is 0. The Morgan fingerprint density at radius 2 is 1.68 bits per heavy atom. The zero-order valence-corrected chi connectivity index (χ0v) is 13.2. The monoisotopic (exact) mass is 304 g/mol. The van der Waals surface area contributed by atoms with Gasteiger partial charge in [-0.1, -0.05) is 66.4 Å². The molecule has 0 amide bonds. The molecule has 0 unspecified atom stereocenters. The van der Waals surface area contributed by atoms with Crippen LogP contribution in [-0.2, 0) is 12.8 Å². The van der Waals surface area contributed by atoms with Crippen LogP contribution in [-0.4, -0.2) is 9.55 Å². The van der Waals surface area contributed by atoms with Gasteiger partial charge in [-0.05, 0) is 28.5 Å². The van der Waals surface area contributed by atoms with Crippen LogP contribution in [0, 0.1) is 0 Å². The van der Waals surface area contributed by atoms with Gasteiger partial charge in [0.15, 0.2) is 5.16 Å². The molecule has 0 saturated carbocycles. The van der Waals surface area contributed by atoms with Crippen LogP contribution in [0.25, 0.3) is 21.8 Å². The number of nitrogens with zero attached hydrogens (tertiary/aromatic N) is 2. The summed E-state index contributed by atoms with van der Waals surface area (Å²) in [6.07, 6.45) is 0. The van der Waals surface area contributed by atoms with E-state index in [1.54, 1.807) is 11.8 Å².